The molecule has 7 heteroatoms. The van der Waals surface area contributed by atoms with E-state index >= 15 is 0 Å². The Balaban J connectivity index is 1.62. The van der Waals surface area contributed by atoms with Crippen LogP contribution in [0.2, 0.25) is 0 Å². The van der Waals surface area contributed by atoms with E-state index < -0.39 is 0 Å². The SMILES string of the molecule is O=C(c1ccsc1)N1CCCC[C@@H]1c1nnc(-c2ccncc2)o1. The average Bonchev–Trinajstić information content (AvgIpc) is 3.34. The molecule has 0 radical (unpaired) electrons. The van der Waals surface area contributed by atoms with Crippen molar-refractivity contribution in [3.05, 3.63) is 52.8 Å². The number of pyridine rings is 1. The molecule has 1 saturated heterocycles. The highest BCUT2D eigenvalue weighted by Gasteiger charge is 2.32. The number of rotatable bonds is 3. The molecular weight excluding hydrogens is 324 g/mol. The van der Waals surface area contributed by atoms with E-state index in [1.807, 2.05) is 33.9 Å². The standard InChI is InChI=1S/C17H16N4O2S/c22-17(13-6-10-24-11-13)21-9-2-1-3-14(21)16-20-19-15(23-16)12-4-7-18-8-5-12/h4-8,10-11,14H,1-3,9H2/t14-/m1/s1. The summed E-state index contributed by atoms with van der Waals surface area (Å²) in [7, 11) is 0. The molecule has 1 aliphatic rings. The maximum Gasteiger partial charge on any atom is 0.255 e. The van der Waals surface area contributed by atoms with Crippen LogP contribution < -0.4 is 0 Å². The van der Waals surface area contributed by atoms with E-state index in [2.05, 4.69) is 15.2 Å². The summed E-state index contributed by atoms with van der Waals surface area (Å²) in [5.74, 6) is 0.996. The highest BCUT2D eigenvalue weighted by molar-refractivity contribution is 7.08. The molecule has 0 aromatic carbocycles. The number of amides is 1. The largest absolute Gasteiger partial charge is 0.418 e. The van der Waals surface area contributed by atoms with Crippen LogP contribution in [0.1, 0.15) is 41.6 Å². The van der Waals surface area contributed by atoms with E-state index in [4.69, 9.17) is 4.42 Å². The first-order chi connectivity index (χ1) is 11.8. The number of carbonyl (C=O) groups is 1. The van der Waals surface area contributed by atoms with Crippen molar-refractivity contribution in [3.63, 3.8) is 0 Å². The van der Waals surface area contributed by atoms with E-state index in [0.717, 1.165) is 30.4 Å². The predicted molar refractivity (Wildman–Crippen MR) is 89.5 cm³/mol. The summed E-state index contributed by atoms with van der Waals surface area (Å²) >= 11 is 1.53. The lowest BCUT2D eigenvalue weighted by Crippen LogP contribution is -2.38. The van der Waals surface area contributed by atoms with Crippen LogP contribution >= 0.6 is 11.3 Å². The highest BCUT2D eigenvalue weighted by Crippen LogP contribution is 2.33. The van der Waals surface area contributed by atoms with Crippen molar-refractivity contribution in [1.29, 1.82) is 0 Å². The van der Waals surface area contributed by atoms with Crippen LogP contribution in [0.25, 0.3) is 11.5 Å². The lowest BCUT2D eigenvalue weighted by atomic mass is 10.0. The second kappa shape index (κ2) is 6.52. The Bertz CT molecular complexity index is 816. The Morgan fingerprint density at radius 2 is 2.08 bits per heavy atom. The summed E-state index contributed by atoms with van der Waals surface area (Å²) in [6.45, 7) is 0.715. The van der Waals surface area contributed by atoms with Crippen LogP contribution in [-0.4, -0.2) is 32.5 Å². The Hall–Kier alpha value is -2.54. The van der Waals surface area contributed by atoms with Gasteiger partial charge in [0.05, 0.1) is 5.56 Å². The molecule has 1 aliphatic heterocycles. The Labute approximate surface area is 143 Å². The van der Waals surface area contributed by atoms with Gasteiger partial charge in [0.1, 0.15) is 6.04 Å². The number of thiophene rings is 1. The summed E-state index contributed by atoms with van der Waals surface area (Å²) < 4.78 is 5.87. The van der Waals surface area contributed by atoms with E-state index in [0.29, 0.717) is 18.3 Å². The van der Waals surface area contributed by atoms with Crippen molar-refractivity contribution in [1.82, 2.24) is 20.1 Å². The van der Waals surface area contributed by atoms with Crippen molar-refractivity contribution >= 4 is 17.2 Å². The van der Waals surface area contributed by atoms with Gasteiger partial charge in [0.25, 0.3) is 5.91 Å². The summed E-state index contributed by atoms with van der Waals surface area (Å²) in [5.41, 5.74) is 1.55. The van der Waals surface area contributed by atoms with Crippen LogP contribution in [-0.2, 0) is 0 Å². The minimum atomic E-state index is -0.158. The summed E-state index contributed by atoms with van der Waals surface area (Å²) in [5, 5.41) is 12.1. The maximum atomic E-state index is 12.8. The minimum Gasteiger partial charge on any atom is -0.418 e. The summed E-state index contributed by atoms with van der Waals surface area (Å²) in [6.07, 6.45) is 6.26. The molecule has 4 rings (SSSR count). The fourth-order valence-corrected chi connectivity index (χ4v) is 3.59. The molecule has 3 aromatic rings. The first-order valence-corrected chi connectivity index (χ1v) is 8.84. The zero-order valence-electron chi connectivity index (χ0n) is 13.0. The van der Waals surface area contributed by atoms with Gasteiger partial charge in [0, 0.05) is 29.9 Å². The van der Waals surface area contributed by atoms with Gasteiger partial charge in [-0.25, -0.2) is 0 Å². The van der Waals surface area contributed by atoms with Crippen LogP contribution in [0.15, 0.2) is 45.8 Å². The third-order valence-electron chi connectivity index (χ3n) is 4.18. The van der Waals surface area contributed by atoms with E-state index in [-0.39, 0.29) is 11.9 Å². The quantitative estimate of drug-likeness (QED) is 0.729. The molecule has 4 heterocycles. The molecule has 122 valence electrons. The summed E-state index contributed by atoms with van der Waals surface area (Å²) in [6, 6.07) is 5.35. The molecule has 0 aliphatic carbocycles. The average molecular weight is 340 g/mol. The van der Waals surface area contributed by atoms with Crippen LogP contribution in [0.4, 0.5) is 0 Å². The lowest BCUT2D eigenvalue weighted by Gasteiger charge is -2.33. The van der Waals surface area contributed by atoms with Crippen LogP contribution in [0, 0.1) is 0 Å². The lowest BCUT2D eigenvalue weighted by molar-refractivity contribution is 0.0573. The molecule has 1 fully saturated rings. The van der Waals surface area contributed by atoms with Gasteiger partial charge in [0.2, 0.25) is 11.8 Å². The van der Waals surface area contributed by atoms with Gasteiger partial charge in [-0.1, -0.05) is 0 Å². The van der Waals surface area contributed by atoms with Gasteiger partial charge in [-0.3, -0.25) is 9.78 Å². The molecule has 0 unspecified atom stereocenters. The maximum absolute atomic E-state index is 12.8. The smallest absolute Gasteiger partial charge is 0.255 e. The van der Waals surface area contributed by atoms with Gasteiger partial charge in [-0.15, -0.1) is 10.2 Å². The number of piperidine rings is 1. The van der Waals surface area contributed by atoms with Crippen LogP contribution in [0.5, 0.6) is 0 Å². The number of carbonyl (C=O) groups excluding carboxylic acids is 1. The first-order valence-electron chi connectivity index (χ1n) is 7.90. The predicted octanol–water partition coefficient (Wildman–Crippen LogP) is 3.56. The second-order valence-electron chi connectivity index (χ2n) is 5.70. The summed E-state index contributed by atoms with van der Waals surface area (Å²) in [4.78, 5) is 18.6. The molecule has 1 amide bonds. The Kier molecular flexibility index (Phi) is 4.08. The molecule has 0 spiro atoms. The zero-order valence-corrected chi connectivity index (χ0v) is 13.8. The normalized spacial score (nSPS) is 17.8. The second-order valence-corrected chi connectivity index (χ2v) is 6.48. The van der Waals surface area contributed by atoms with Crippen molar-refractivity contribution in [2.45, 2.75) is 25.3 Å². The molecule has 0 bridgehead atoms. The molecular formula is C17H16N4O2S. The van der Waals surface area contributed by atoms with Crippen molar-refractivity contribution in [2.75, 3.05) is 6.54 Å². The third-order valence-corrected chi connectivity index (χ3v) is 4.87. The Morgan fingerprint density at radius 1 is 1.21 bits per heavy atom. The molecule has 6 nitrogen and oxygen atoms in total. The highest BCUT2D eigenvalue weighted by atomic mass is 32.1. The first kappa shape index (κ1) is 15.0. The van der Waals surface area contributed by atoms with E-state index in [1.54, 1.807) is 12.4 Å². The van der Waals surface area contributed by atoms with Crippen molar-refractivity contribution < 1.29 is 9.21 Å². The molecule has 3 aromatic heterocycles. The fraction of sp³-hybridized carbons (Fsp3) is 0.294. The zero-order chi connectivity index (χ0) is 16.4. The molecule has 0 N–H and O–H groups in total. The van der Waals surface area contributed by atoms with Gasteiger partial charge < -0.3 is 9.32 Å². The number of hydrogen-bond donors (Lipinski definition) is 0. The third kappa shape index (κ3) is 2.82. The topological polar surface area (TPSA) is 72.1 Å². The molecule has 0 saturated carbocycles. The monoisotopic (exact) mass is 340 g/mol. The number of likely N-dealkylation sites (tertiary alicyclic amines) is 1. The van der Waals surface area contributed by atoms with Gasteiger partial charge >= 0.3 is 0 Å². The van der Waals surface area contributed by atoms with Crippen LogP contribution in [0.3, 0.4) is 0 Å². The van der Waals surface area contributed by atoms with E-state index in [9.17, 15) is 4.79 Å². The van der Waals surface area contributed by atoms with Gasteiger partial charge in [-0.05, 0) is 42.8 Å². The molecule has 1 atom stereocenters. The van der Waals surface area contributed by atoms with Gasteiger partial charge in [-0.2, -0.15) is 11.3 Å². The van der Waals surface area contributed by atoms with Gasteiger partial charge in [0.15, 0.2) is 0 Å². The van der Waals surface area contributed by atoms with Crippen molar-refractivity contribution in [3.8, 4) is 11.5 Å². The van der Waals surface area contributed by atoms with Crippen molar-refractivity contribution in [2.24, 2.45) is 0 Å². The number of aromatic nitrogens is 3. The molecule has 24 heavy (non-hydrogen) atoms. The van der Waals surface area contributed by atoms with E-state index in [1.165, 1.54) is 11.3 Å². The minimum absolute atomic E-state index is 0.0320. The Morgan fingerprint density at radius 3 is 2.88 bits per heavy atom. The number of hydrogen-bond acceptors (Lipinski definition) is 6. The number of nitrogens with zero attached hydrogens (tertiary/aromatic N) is 4. The fourth-order valence-electron chi connectivity index (χ4n) is 2.96.